The van der Waals surface area contributed by atoms with Crippen molar-refractivity contribution >= 4 is 11.8 Å². The van der Waals surface area contributed by atoms with Crippen LogP contribution in [0.5, 0.6) is 0 Å². The third-order valence-corrected chi connectivity index (χ3v) is 4.77. The van der Waals surface area contributed by atoms with Crippen LogP contribution in [0.15, 0.2) is 29.2 Å². The SMILES string of the molecule is COC(C)(C)CCOCC1CSc2ccccc21. The molecule has 100 valence electrons. The molecule has 3 heteroatoms. The van der Waals surface area contributed by atoms with Crippen molar-refractivity contribution in [2.24, 2.45) is 0 Å². The highest BCUT2D eigenvalue weighted by molar-refractivity contribution is 7.99. The van der Waals surface area contributed by atoms with Crippen LogP contribution in [-0.4, -0.2) is 31.7 Å². The van der Waals surface area contributed by atoms with Gasteiger partial charge in [-0.15, -0.1) is 11.8 Å². The average molecular weight is 266 g/mol. The summed E-state index contributed by atoms with van der Waals surface area (Å²) in [7, 11) is 1.75. The maximum Gasteiger partial charge on any atom is 0.0644 e. The lowest BCUT2D eigenvalue weighted by Crippen LogP contribution is -2.25. The van der Waals surface area contributed by atoms with Gasteiger partial charge in [0.25, 0.3) is 0 Å². The Morgan fingerprint density at radius 3 is 2.89 bits per heavy atom. The Bertz CT molecular complexity index is 390. The summed E-state index contributed by atoms with van der Waals surface area (Å²) in [6.07, 6.45) is 0.936. The van der Waals surface area contributed by atoms with Gasteiger partial charge in [-0.1, -0.05) is 18.2 Å². The summed E-state index contributed by atoms with van der Waals surface area (Å²) in [6, 6.07) is 8.65. The third kappa shape index (κ3) is 3.50. The molecule has 18 heavy (non-hydrogen) atoms. The minimum absolute atomic E-state index is 0.0810. The monoisotopic (exact) mass is 266 g/mol. The van der Waals surface area contributed by atoms with E-state index >= 15 is 0 Å². The molecule has 0 saturated heterocycles. The first-order valence-electron chi connectivity index (χ1n) is 6.47. The van der Waals surface area contributed by atoms with Gasteiger partial charge in [-0.3, -0.25) is 0 Å². The highest BCUT2D eigenvalue weighted by Gasteiger charge is 2.23. The summed E-state index contributed by atoms with van der Waals surface area (Å²) < 4.78 is 11.2. The topological polar surface area (TPSA) is 18.5 Å². The van der Waals surface area contributed by atoms with Crippen LogP contribution in [-0.2, 0) is 9.47 Å². The van der Waals surface area contributed by atoms with Crippen molar-refractivity contribution < 1.29 is 9.47 Å². The van der Waals surface area contributed by atoms with Gasteiger partial charge in [0, 0.05) is 30.3 Å². The van der Waals surface area contributed by atoms with E-state index in [2.05, 4.69) is 38.1 Å². The van der Waals surface area contributed by atoms with E-state index in [1.165, 1.54) is 10.5 Å². The van der Waals surface area contributed by atoms with Crippen LogP contribution in [0, 0.1) is 0 Å². The molecule has 0 N–H and O–H groups in total. The Morgan fingerprint density at radius 1 is 1.33 bits per heavy atom. The quantitative estimate of drug-likeness (QED) is 0.731. The zero-order valence-electron chi connectivity index (χ0n) is 11.4. The standard InChI is InChI=1S/C15H22O2S/c1-15(2,16-3)8-9-17-10-12-11-18-14-7-5-4-6-13(12)14/h4-7,12H,8-11H2,1-3H3. The summed E-state index contributed by atoms with van der Waals surface area (Å²) in [4.78, 5) is 1.42. The van der Waals surface area contributed by atoms with Crippen molar-refractivity contribution in [1.82, 2.24) is 0 Å². The van der Waals surface area contributed by atoms with Gasteiger partial charge < -0.3 is 9.47 Å². The molecule has 1 atom stereocenters. The minimum Gasteiger partial charge on any atom is -0.381 e. The van der Waals surface area contributed by atoms with Gasteiger partial charge in [0.1, 0.15) is 0 Å². The zero-order valence-corrected chi connectivity index (χ0v) is 12.3. The molecule has 0 aromatic heterocycles. The molecular formula is C15H22O2S. The van der Waals surface area contributed by atoms with Crippen molar-refractivity contribution in [2.45, 2.75) is 36.7 Å². The lowest BCUT2D eigenvalue weighted by atomic mass is 10.0. The number of benzene rings is 1. The second kappa shape index (κ2) is 6.09. The van der Waals surface area contributed by atoms with Crippen molar-refractivity contribution in [2.75, 3.05) is 26.1 Å². The maximum atomic E-state index is 5.82. The highest BCUT2D eigenvalue weighted by Crippen LogP contribution is 2.39. The lowest BCUT2D eigenvalue weighted by Gasteiger charge is -2.23. The van der Waals surface area contributed by atoms with Gasteiger partial charge in [0.15, 0.2) is 0 Å². The fourth-order valence-electron chi connectivity index (χ4n) is 2.01. The Hall–Kier alpha value is -0.510. The molecule has 0 spiro atoms. The number of hydrogen-bond acceptors (Lipinski definition) is 3. The van der Waals surface area contributed by atoms with Gasteiger partial charge in [0.05, 0.1) is 12.2 Å². The Balaban J connectivity index is 1.76. The third-order valence-electron chi connectivity index (χ3n) is 3.52. The molecule has 2 nitrogen and oxygen atoms in total. The van der Waals surface area contributed by atoms with Gasteiger partial charge in [0.2, 0.25) is 0 Å². The fourth-order valence-corrected chi connectivity index (χ4v) is 3.25. The normalized spacial score (nSPS) is 18.9. The van der Waals surface area contributed by atoms with E-state index in [1.807, 2.05) is 11.8 Å². The van der Waals surface area contributed by atoms with Crippen molar-refractivity contribution in [3.63, 3.8) is 0 Å². The largest absolute Gasteiger partial charge is 0.381 e. The number of hydrogen-bond donors (Lipinski definition) is 0. The van der Waals surface area contributed by atoms with Gasteiger partial charge in [-0.2, -0.15) is 0 Å². The first kappa shape index (κ1) is 13.9. The van der Waals surface area contributed by atoms with E-state index in [4.69, 9.17) is 9.47 Å². The Morgan fingerprint density at radius 2 is 2.11 bits per heavy atom. The van der Waals surface area contributed by atoms with Crippen LogP contribution < -0.4 is 0 Å². The van der Waals surface area contributed by atoms with E-state index in [0.29, 0.717) is 5.92 Å². The summed E-state index contributed by atoms with van der Waals surface area (Å²) in [5.74, 6) is 1.70. The van der Waals surface area contributed by atoms with Crippen molar-refractivity contribution in [3.8, 4) is 0 Å². The van der Waals surface area contributed by atoms with Gasteiger partial charge in [-0.25, -0.2) is 0 Å². The molecule has 1 unspecified atom stereocenters. The number of fused-ring (bicyclic) bond motifs is 1. The summed E-state index contributed by atoms with van der Waals surface area (Å²) in [5, 5.41) is 0. The second-order valence-electron chi connectivity index (χ2n) is 5.33. The van der Waals surface area contributed by atoms with Crippen LogP contribution >= 0.6 is 11.8 Å². The van der Waals surface area contributed by atoms with Gasteiger partial charge >= 0.3 is 0 Å². The van der Waals surface area contributed by atoms with Crippen LogP contribution in [0.1, 0.15) is 31.7 Å². The highest BCUT2D eigenvalue weighted by atomic mass is 32.2. The summed E-state index contributed by atoms with van der Waals surface area (Å²) in [5.41, 5.74) is 1.37. The molecule has 1 aromatic carbocycles. The van der Waals surface area contributed by atoms with E-state index < -0.39 is 0 Å². The Kier molecular flexibility index (Phi) is 4.71. The number of thioether (sulfide) groups is 1. The van der Waals surface area contributed by atoms with E-state index in [-0.39, 0.29) is 5.60 Å². The number of ether oxygens (including phenoxy) is 2. The van der Waals surface area contributed by atoms with Gasteiger partial charge in [-0.05, 0) is 31.9 Å². The molecule has 1 aromatic rings. The Labute approximate surface area is 114 Å². The first-order valence-corrected chi connectivity index (χ1v) is 7.45. The van der Waals surface area contributed by atoms with Crippen LogP contribution in [0.4, 0.5) is 0 Å². The molecule has 0 bridgehead atoms. The fraction of sp³-hybridized carbons (Fsp3) is 0.600. The molecule has 1 aliphatic rings. The molecule has 0 amide bonds. The van der Waals surface area contributed by atoms with E-state index in [9.17, 15) is 0 Å². The van der Waals surface area contributed by atoms with E-state index in [1.54, 1.807) is 7.11 Å². The molecule has 0 saturated carbocycles. The second-order valence-corrected chi connectivity index (χ2v) is 6.40. The zero-order chi connectivity index (χ0) is 13.0. The first-order chi connectivity index (χ1) is 8.62. The number of methoxy groups -OCH3 is 1. The maximum absolute atomic E-state index is 5.82. The van der Waals surface area contributed by atoms with Crippen LogP contribution in [0.25, 0.3) is 0 Å². The minimum atomic E-state index is -0.0810. The summed E-state index contributed by atoms with van der Waals surface area (Å²) in [6.45, 7) is 5.78. The van der Waals surface area contributed by atoms with Crippen molar-refractivity contribution in [3.05, 3.63) is 29.8 Å². The van der Waals surface area contributed by atoms with Crippen LogP contribution in [0.2, 0.25) is 0 Å². The molecule has 1 heterocycles. The molecule has 0 aliphatic carbocycles. The van der Waals surface area contributed by atoms with E-state index in [0.717, 1.165) is 25.4 Å². The number of rotatable bonds is 6. The van der Waals surface area contributed by atoms with Crippen molar-refractivity contribution in [1.29, 1.82) is 0 Å². The molecule has 2 rings (SSSR count). The smallest absolute Gasteiger partial charge is 0.0644 e. The van der Waals surface area contributed by atoms with Crippen LogP contribution in [0.3, 0.4) is 0 Å². The molecule has 0 fully saturated rings. The predicted molar refractivity (Wildman–Crippen MR) is 76.4 cm³/mol. The molecular weight excluding hydrogens is 244 g/mol. The lowest BCUT2D eigenvalue weighted by molar-refractivity contribution is -0.0109. The predicted octanol–water partition coefficient (Wildman–Crippen LogP) is 3.71. The average Bonchev–Trinajstić information content (AvgIpc) is 2.78. The molecule has 0 radical (unpaired) electrons. The molecule has 1 aliphatic heterocycles. The summed E-state index contributed by atoms with van der Waals surface area (Å²) >= 11 is 1.94.